The van der Waals surface area contributed by atoms with Gasteiger partial charge in [-0.15, -0.1) is 0 Å². The van der Waals surface area contributed by atoms with Gasteiger partial charge in [-0.3, -0.25) is 19.4 Å². The standard InChI is InChI=1S/C21H33N3O4/c1-16(2)18-6-4-17(5-7-18)8-9-22-20(25)14-24-10-11-28-19(13-24)12-23(3)15-21(26)27/h4-7,16,19H,8-15H2,1-3H3,(H,22,25)(H,26,27). The summed E-state index contributed by atoms with van der Waals surface area (Å²) in [6.45, 7) is 7.74. The average Bonchev–Trinajstić information content (AvgIpc) is 2.61. The van der Waals surface area contributed by atoms with Gasteiger partial charge in [0.2, 0.25) is 5.91 Å². The van der Waals surface area contributed by atoms with Gasteiger partial charge in [0.1, 0.15) is 0 Å². The molecule has 1 saturated heterocycles. The first-order chi connectivity index (χ1) is 13.3. The van der Waals surface area contributed by atoms with Crippen molar-refractivity contribution in [1.82, 2.24) is 15.1 Å². The summed E-state index contributed by atoms with van der Waals surface area (Å²) in [5, 5.41) is 11.8. The third-order valence-corrected chi connectivity index (χ3v) is 4.89. The molecule has 1 amide bonds. The molecule has 2 rings (SSSR count). The molecule has 0 spiro atoms. The number of carboxylic acid groups (broad SMARTS) is 1. The SMILES string of the molecule is CC(C)c1ccc(CCNC(=O)CN2CCOC(CN(C)CC(=O)O)C2)cc1. The molecule has 0 aliphatic carbocycles. The molecular formula is C21H33N3O4. The number of carbonyl (C=O) groups is 2. The Morgan fingerprint density at radius 2 is 2.04 bits per heavy atom. The van der Waals surface area contributed by atoms with E-state index in [-0.39, 0.29) is 18.6 Å². The van der Waals surface area contributed by atoms with Crippen molar-refractivity contribution in [3.63, 3.8) is 0 Å². The van der Waals surface area contributed by atoms with Gasteiger partial charge in [0.05, 0.1) is 25.8 Å². The number of ether oxygens (including phenoxy) is 1. The lowest BCUT2D eigenvalue weighted by Gasteiger charge is -2.34. The molecule has 7 nitrogen and oxygen atoms in total. The number of carbonyl (C=O) groups excluding carboxylic acids is 1. The Kier molecular flexibility index (Phi) is 8.89. The summed E-state index contributed by atoms with van der Waals surface area (Å²) in [6.07, 6.45) is 0.737. The first kappa shape index (κ1) is 22.3. The summed E-state index contributed by atoms with van der Waals surface area (Å²) in [5.74, 6) is -0.318. The Bertz CT molecular complexity index is 633. The molecule has 2 N–H and O–H groups in total. The maximum absolute atomic E-state index is 12.2. The summed E-state index contributed by atoms with van der Waals surface area (Å²) in [4.78, 5) is 26.8. The van der Waals surface area contributed by atoms with Gasteiger partial charge in [-0.1, -0.05) is 38.1 Å². The molecule has 156 valence electrons. The number of aliphatic carboxylic acids is 1. The predicted molar refractivity (Wildman–Crippen MR) is 109 cm³/mol. The molecule has 1 heterocycles. The first-order valence-electron chi connectivity index (χ1n) is 9.93. The van der Waals surface area contributed by atoms with Crippen molar-refractivity contribution in [2.45, 2.75) is 32.3 Å². The van der Waals surface area contributed by atoms with Gasteiger partial charge in [0, 0.05) is 26.2 Å². The Balaban J connectivity index is 1.68. The van der Waals surface area contributed by atoms with Gasteiger partial charge in [-0.25, -0.2) is 0 Å². The average molecular weight is 392 g/mol. The minimum atomic E-state index is -0.853. The van der Waals surface area contributed by atoms with E-state index >= 15 is 0 Å². The zero-order valence-electron chi connectivity index (χ0n) is 17.2. The maximum atomic E-state index is 12.2. The highest BCUT2D eigenvalue weighted by molar-refractivity contribution is 5.78. The summed E-state index contributed by atoms with van der Waals surface area (Å²) in [7, 11) is 1.76. The van der Waals surface area contributed by atoms with Gasteiger partial charge in [-0.2, -0.15) is 0 Å². The fourth-order valence-corrected chi connectivity index (χ4v) is 3.35. The number of hydrogen-bond donors (Lipinski definition) is 2. The van der Waals surface area contributed by atoms with E-state index in [1.165, 1.54) is 11.1 Å². The molecule has 0 saturated carbocycles. The fraction of sp³-hybridized carbons (Fsp3) is 0.619. The molecule has 1 aliphatic rings. The second kappa shape index (κ2) is 11.1. The van der Waals surface area contributed by atoms with Crippen molar-refractivity contribution in [1.29, 1.82) is 0 Å². The van der Waals surface area contributed by atoms with Crippen LogP contribution in [0.25, 0.3) is 0 Å². The van der Waals surface area contributed by atoms with Crippen molar-refractivity contribution < 1.29 is 19.4 Å². The lowest BCUT2D eigenvalue weighted by Crippen LogP contribution is -2.50. The van der Waals surface area contributed by atoms with Crippen LogP contribution in [0.5, 0.6) is 0 Å². The van der Waals surface area contributed by atoms with Crippen LogP contribution >= 0.6 is 0 Å². The Morgan fingerprint density at radius 3 is 2.68 bits per heavy atom. The second-order valence-electron chi connectivity index (χ2n) is 7.81. The van der Waals surface area contributed by atoms with Gasteiger partial charge in [0.25, 0.3) is 0 Å². The van der Waals surface area contributed by atoms with Crippen LogP contribution in [0.2, 0.25) is 0 Å². The van der Waals surface area contributed by atoms with Crippen LogP contribution in [0, 0.1) is 0 Å². The third kappa shape index (κ3) is 7.96. The molecular weight excluding hydrogens is 358 g/mol. The smallest absolute Gasteiger partial charge is 0.317 e. The first-order valence-corrected chi connectivity index (χ1v) is 9.93. The van der Waals surface area contributed by atoms with Crippen LogP contribution in [0.1, 0.15) is 30.9 Å². The summed E-state index contributed by atoms with van der Waals surface area (Å²) in [5.41, 5.74) is 2.54. The number of nitrogens with one attached hydrogen (secondary N) is 1. The Hall–Kier alpha value is -1.96. The van der Waals surface area contributed by atoms with Gasteiger partial charge >= 0.3 is 5.97 Å². The number of carboxylic acids is 1. The quantitative estimate of drug-likeness (QED) is 0.623. The molecule has 1 fully saturated rings. The van der Waals surface area contributed by atoms with E-state index in [1.54, 1.807) is 11.9 Å². The molecule has 1 aromatic carbocycles. The number of rotatable bonds is 10. The Morgan fingerprint density at radius 1 is 1.32 bits per heavy atom. The number of benzene rings is 1. The van der Waals surface area contributed by atoms with Gasteiger partial charge in [0.15, 0.2) is 0 Å². The molecule has 28 heavy (non-hydrogen) atoms. The van der Waals surface area contributed by atoms with E-state index in [1.807, 2.05) is 0 Å². The van der Waals surface area contributed by atoms with Crippen LogP contribution in [0.4, 0.5) is 0 Å². The van der Waals surface area contributed by atoms with E-state index in [0.29, 0.717) is 45.2 Å². The zero-order valence-corrected chi connectivity index (χ0v) is 17.2. The molecule has 1 aliphatic heterocycles. The third-order valence-electron chi connectivity index (χ3n) is 4.89. The van der Waals surface area contributed by atoms with E-state index in [0.717, 1.165) is 6.42 Å². The van der Waals surface area contributed by atoms with Crippen molar-refractivity contribution in [3.05, 3.63) is 35.4 Å². The predicted octanol–water partition coefficient (Wildman–Crippen LogP) is 1.19. The number of amides is 1. The number of nitrogens with zero attached hydrogens (tertiary/aromatic N) is 2. The molecule has 1 atom stereocenters. The molecule has 0 radical (unpaired) electrons. The summed E-state index contributed by atoms with van der Waals surface area (Å²) >= 11 is 0. The van der Waals surface area contributed by atoms with E-state index in [2.05, 4.69) is 48.3 Å². The van der Waals surface area contributed by atoms with E-state index in [4.69, 9.17) is 9.84 Å². The van der Waals surface area contributed by atoms with Crippen molar-refractivity contribution >= 4 is 11.9 Å². The normalized spacial score (nSPS) is 17.8. The van der Waals surface area contributed by atoms with Crippen LogP contribution < -0.4 is 5.32 Å². The van der Waals surface area contributed by atoms with Crippen molar-refractivity contribution in [2.24, 2.45) is 0 Å². The zero-order chi connectivity index (χ0) is 20.5. The van der Waals surface area contributed by atoms with Crippen LogP contribution in [0.15, 0.2) is 24.3 Å². The van der Waals surface area contributed by atoms with Crippen LogP contribution in [-0.4, -0.2) is 85.8 Å². The number of morpholine rings is 1. The van der Waals surface area contributed by atoms with E-state index < -0.39 is 5.97 Å². The lowest BCUT2D eigenvalue weighted by atomic mass is 10.0. The second-order valence-corrected chi connectivity index (χ2v) is 7.81. The highest BCUT2D eigenvalue weighted by atomic mass is 16.5. The number of likely N-dealkylation sites (N-methyl/N-ethyl adjacent to an activating group) is 1. The Labute approximate surface area is 167 Å². The maximum Gasteiger partial charge on any atom is 0.317 e. The topological polar surface area (TPSA) is 82.1 Å². The van der Waals surface area contributed by atoms with Crippen molar-refractivity contribution in [2.75, 3.05) is 52.9 Å². The summed E-state index contributed by atoms with van der Waals surface area (Å²) < 4.78 is 5.70. The van der Waals surface area contributed by atoms with Gasteiger partial charge in [-0.05, 0) is 30.5 Å². The lowest BCUT2D eigenvalue weighted by molar-refractivity contribution is -0.138. The minimum absolute atomic E-state index is 0.0124. The molecule has 0 aromatic heterocycles. The molecule has 1 aromatic rings. The van der Waals surface area contributed by atoms with Gasteiger partial charge < -0.3 is 15.2 Å². The monoisotopic (exact) mass is 391 g/mol. The largest absolute Gasteiger partial charge is 0.480 e. The molecule has 7 heteroatoms. The summed E-state index contributed by atoms with van der Waals surface area (Å²) in [6, 6.07) is 8.55. The molecule has 0 bridgehead atoms. The van der Waals surface area contributed by atoms with Crippen LogP contribution in [0.3, 0.4) is 0 Å². The fourth-order valence-electron chi connectivity index (χ4n) is 3.35. The molecule has 1 unspecified atom stereocenters. The van der Waals surface area contributed by atoms with E-state index in [9.17, 15) is 9.59 Å². The van der Waals surface area contributed by atoms with Crippen molar-refractivity contribution in [3.8, 4) is 0 Å². The highest BCUT2D eigenvalue weighted by Crippen LogP contribution is 2.14. The highest BCUT2D eigenvalue weighted by Gasteiger charge is 2.23. The number of hydrogen-bond acceptors (Lipinski definition) is 5. The minimum Gasteiger partial charge on any atom is -0.480 e. The van der Waals surface area contributed by atoms with Crippen LogP contribution in [-0.2, 0) is 20.7 Å².